The molecule has 2 rings (SSSR count). The van der Waals surface area contributed by atoms with Gasteiger partial charge in [0.15, 0.2) is 0 Å². The molecule has 4 nitrogen and oxygen atoms in total. The minimum Gasteiger partial charge on any atom is -0.338 e. The van der Waals surface area contributed by atoms with E-state index in [4.69, 9.17) is 0 Å². The van der Waals surface area contributed by atoms with Gasteiger partial charge in [-0.1, -0.05) is 6.07 Å². The summed E-state index contributed by atoms with van der Waals surface area (Å²) in [5.74, 6) is -0.591. The molecule has 0 aliphatic rings. The van der Waals surface area contributed by atoms with E-state index in [1.165, 1.54) is 23.3 Å². The fourth-order valence-electron chi connectivity index (χ4n) is 1.74. The quantitative estimate of drug-likeness (QED) is 0.887. The van der Waals surface area contributed by atoms with Crippen LogP contribution in [-0.4, -0.2) is 23.0 Å². The second kappa shape index (κ2) is 7.33. The highest BCUT2D eigenvalue weighted by Gasteiger charge is 2.08. The van der Waals surface area contributed by atoms with Crippen molar-refractivity contribution in [2.75, 3.05) is 18.1 Å². The molecule has 2 aromatic rings. The molecule has 0 radical (unpaired) electrons. The summed E-state index contributed by atoms with van der Waals surface area (Å²) in [4.78, 5) is 13.0. The van der Waals surface area contributed by atoms with Gasteiger partial charge >= 0.3 is 6.03 Å². The fourth-order valence-corrected chi connectivity index (χ4v) is 3.04. The second-order valence-corrected chi connectivity index (χ2v) is 6.69. The Labute approximate surface area is 128 Å². The first-order valence-corrected chi connectivity index (χ1v) is 8.70. The number of anilines is 1. The maximum Gasteiger partial charge on any atom is 0.319 e. The van der Waals surface area contributed by atoms with Gasteiger partial charge in [0.1, 0.15) is 5.82 Å². The molecule has 1 aromatic heterocycles. The Morgan fingerprint density at radius 1 is 1.38 bits per heavy atom. The van der Waals surface area contributed by atoms with E-state index in [2.05, 4.69) is 10.6 Å². The number of thiophene rings is 1. The number of carbonyl (C=O) groups excluding carboxylic acids is 1. The van der Waals surface area contributed by atoms with Crippen LogP contribution in [-0.2, 0) is 17.2 Å². The van der Waals surface area contributed by atoms with E-state index < -0.39 is 22.6 Å². The highest BCUT2D eigenvalue weighted by Crippen LogP contribution is 2.17. The van der Waals surface area contributed by atoms with Crippen LogP contribution in [0.4, 0.5) is 14.9 Å². The van der Waals surface area contributed by atoms with Gasteiger partial charge in [0, 0.05) is 23.4 Å². The molecule has 1 unspecified atom stereocenters. The number of hydrogen-bond donors (Lipinski definition) is 2. The van der Waals surface area contributed by atoms with E-state index in [-0.39, 0.29) is 4.90 Å². The number of hydrogen-bond acceptors (Lipinski definition) is 3. The number of benzene rings is 1. The zero-order valence-corrected chi connectivity index (χ0v) is 13.0. The maximum absolute atomic E-state index is 13.6. The first kappa shape index (κ1) is 15.7. The summed E-state index contributed by atoms with van der Waals surface area (Å²) in [6.45, 7) is 0.506. The first-order valence-electron chi connectivity index (χ1n) is 6.26. The Morgan fingerprint density at radius 2 is 2.19 bits per heavy atom. The van der Waals surface area contributed by atoms with E-state index in [9.17, 15) is 13.4 Å². The van der Waals surface area contributed by atoms with Crippen LogP contribution in [0.2, 0.25) is 0 Å². The molecule has 0 saturated heterocycles. The molecule has 1 aromatic carbocycles. The molecule has 0 spiro atoms. The van der Waals surface area contributed by atoms with Crippen LogP contribution in [0, 0.1) is 5.82 Å². The van der Waals surface area contributed by atoms with E-state index in [0.717, 1.165) is 12.5 Å². The Balaban J connectivity index is 1.85. The molecule has 2 N–H and O–H groups in total. The van der Waals surface area contributed by atoms with Gasteiger partial charge in [-0.05, 0) is 36.1 Å². The van der Waals surface area contributed by atoms with Crippen molar-refractivity contribution in [2.45, 2.75) is 11.3 Å². The molecular formula is C14H15FN2O2S2. The number of amides is 2. The van der Waals surface area contributed by atoms with Crippen LogP contribution in [0.3, 0.4) is 0 Å². The smallest absolute Gasteiger partial charge is 0.319 e. The standard InChI is InChI=1S/C14H15FN2O2S2/c1-21(19)13-5-4-10(9-12(13)15)17-14(18)16-7-6-11-3-2-8-20-11/h2-5,8-9H,6-7H2,1H3,(H2,16,17,18). The summed E-state index contributed by atoms with van der Waals surface area (Å²) in [6, 6.07) is 7.67. The van der Waals surface area contributed by atoms with E-state index in [1.54, 1.807) is 11.3 Å². The van der Waals surface area contributed by atoms with Gasteiger partial charge in [-0.2, -0.15) is 0 Å². The number of halogens is 1. The monoisotopic (exact) mass is 326 g/mol. The molecule has 0 saturated carbocycles. The summed E-state index contributed by atoms with van der Waals surface area (Å²) >= 11 is 1.63. The van der Waals surface area contributed by atoms with Gasteiger partial charge in [-0.3, -0.25) is 4.21 Å². The maximum atomic E-state index is 13.6. The second-order valence-electron chi connectivity index (χ2n) is 4.31. The van der Waals surface area contributed by atoms with Gasteiger partial charge in [0.25, 0.3) is 0 Å². The van der Waals surface area contributed by atoms with Crippen LogP contribution in [0.1, 0.15) is 4.88 Å². The molecule has 0 aliphatic heterocycles. The zero-order valence-electron chi connectivity index (χ0n) is 11.4. The van der Waals surface area contributed by atoms with Gasteiger partial charge in [0.05, 0.1) is 15.7 Å². The SMILES string of the molecule is CS(=O)c1ccc(NC(=O)NCCc2cccs2)cc1F. The third kappa shape index (κ3) is 4.64. The fraction of sp³-hybridized carbons (Fsp3) is 0.214. The number of nitrogens with one attached hydrogen (secondary N) is 2. The lowest BCUT2D eigenvalue weighted by Gasteiger charge is -2.08. The average molecular weight is 326 g/mol. The van der Waals surface area contributed by atoms with Crippen molar-refractivity contribution in [2.24, 2.45) is 0 Å². The van der Waals surface area contributed by atoms with Crippen molar-refractivity contribution in [1.82, 2.24) is 5.32 Å². The lowest BCUT2D eigenvalue weighted by atomic mass is 10.3. The van der Waals surface area contributed by atoms with Crippen molar-refractivity contribution in [3.63, 3.8) is 0 Å². The molecule has 1 atom stereocenters. The minimum atomic E-state index is -1.39. The predicted octanol–water partition coefficient (Wildman–Crippen LogP) is 2.99. The number of carbonyl (C=O) groups is 1. The number of urea groups is 1. The summed E-state index contributed by atoms with van der Waals surface area (Å²) in [5, 5.41) is 7.23. The number of rotatable bonds is 5. The molecule has 112 valence electrons. The van der Waals surface area contributed by atoms with Gasteiger partial charge < -0.3 is 10.6 Å². The molecule has 0 aliphatic carbocycles. The summed E-state index contributed by atoms with van der Waals surface area (Å²) in [5.41, 5.74) is 0.329. The topological polar surface area (TPSA) is 58.2 Å². The molecule has 21 heavy (non-hydrogen) atoms. The largest absolute Gasteiger partial charge is 0.338 e. The van der Waals surface area contributed by atoms with Crippen LogP contribution in [0.15, 0.2) is 40.6 Å². The van der Waals surface area contributed by atoms with Crippen LogP contribution in [0.5, 0.6) is 0 Å². The molecular weight excluding hydrogens is 311 g/mol. The van der Waals surface area contributed by atoms with E-state index in [0.29, 0.717) is 12.2 Å². The summed E-state index contributed by atoms with van der Waals surface area (Å²) < 4.78 is 24.9. The highest BCUT2D eigenvalue weighted by atomic mass is 32.2. The van der Waals surface area contributed by atoms with Crippen LogP contribution < -0.4 is 10.6 Å². The lowest BCUT2D eigenvalue weighted by molar-refractivity contribution is 0.252. The highest BCUT2D eigenvalue weighted by molar-refractivity contribution is 7.84. The van der Waals surface area contributed by atoms with Crippen molar-refractivity contribution < 1.29 is 13.4 Å². The van der Waals surface area contributed by atoms with Crippen LogP contribution in [0.25, 0.3) is 0 Å². The molecule has 1 heterocycles. The van der Waals surface area contributed by atoms with Crippen molar-refractivity contribution in [1.29, 1.82) is 0 Å². The normalized spacial score (nSPS) is 11.9. The van der Waals surface area contributed by atoms with Crippen LogP contribution >= 0.6 is 11.3 Å². The van der Waals surface area contributed by atoms with Crippen molar-refractivity contribution in [3.8, 4) is 0 Å². The molecule has 2 amide bonds. The third-order valence-electron chi connectivity index (χ3n) is 2.74. The average Bonchev–Trinajstić information content (AvgIpc) is 2.91. The first-order chi connectivity index (χ1) is 10.1. The van der Waals surface area contributed by atoms with Gasteiger partial charge in [-0.25, -0.2) is 9.18 Å². The van der Waals surface area contributed by atoms with Crippen molar-refractivity contribution in [3.05, 3.63) is 46.4 Å². The molecule has 0 fully saturated rings. The molecule has 7 heteroatoms. The predicted molar refractivity (Wildman–Crippen MR) is 83.8 cm³/mol. The summed E-state index contributed by atoms with van der Waals surface area (Å²) in [7, 11) is -1.39. The Bertz CT molecular complexity index is 644. The third-order valence-corrected chi connectivity index (χ3v) is 4.62. The van der Waals surface area contributed by atoms with E-state index in [1.807, 2.05) is 17.5 Å². The minimum absolute atomic E-state index is 0.124. The Hall–Kier alpha value is -1.73. The van der Waals surface area contributed by atoms with E-state index >= 15 is 0 Å². The van der Waals surface area contributed by atoms with Gasteiger partial charge in [0.2, 0.25) is 0 Å². The van der Waals surface area contributed by atoms with Crippen molar-refractivity contribution >= 4 is 33.9 Å². The zero-order chi connectivity index (χ0) is 15.2. The lowest BCUT2D eigenvalue weighted by Crippen LogP contribution is -2.30. The Kier molecular flexibility index (Phi) is 5.46. The Morgan fingerprint density at radius 3 is 2.81 bits per heavy atom. The summed E-state index contributed by atoms with van der Waals surface area (Å²) in [6.07, 6.45) is 2.16. The van der Waals surface area contributed by atoms with Gasteiger partial charge in [-0.15, -0.1) is 11.3 Å². The molecule has 0 bridgehead atoms.